The molecule has 0 radical (unpaired) electrons. The van der Waals surface area contributed by atoms with Gasteiger partial charge in [0.15, 0.2) is 0 Å². The largest absolute Gasteiger partial charge is 0.342 e. The SMILES string of the molecule is CCc1nnc(NC(=O)CCCc2nc3ccccc3[nH]2)s1. The topological polar surface area (TPSA) is 83.6 Å². The van der Waals surface area contributed by atoms with Crippen LogP contribution in [0.15, 0.2) is 24.3 Å². The van der Waals surface area contributed by atoms with Crippen molar-refractivity contribution in [3.05, 3.63) is 35.1 Å². The molecule has 6 nitrogen and oxygen atoms in total. The van der Waals surface area contributed by atoms with E-state index in [9.17, 15) is 4.79 Å². The minimum atomic E-state index is -0.0325. The molecule has 0 aliphatic heterocycles. The number of imidazole rings is 1. The summed E-state index contributed by atoms with van der Waals surface area (Å²) in [6.45, 7) is 2.01. The Morgan fingerprint density at radius 2 is 2.18 bits per heavy atom. The zero-order valence-corrected chi connectivity index (χ0v) is 13.1. The summed E-state index contributed by atoms with van der Waals surface area (Å²) in [5.74, 6) is 0.882. The maximum atomic E-state index is 11.9. The highest BCUT2D eigenvalue weighted by molar-refractivity contribution is 7.15. The number of para-hydroxylation sites is 2. The quantitative estimate of drug-likeness (QED) is 0.732. The summed E-state index contributed by atoms with van der Waals surface area (Å²) in [5.41, 5.74) is 1.99. The van der Waals surface area contributed by atoms with Crippen molar-refractivity contribution in [3.63, 3.8) is 0 Å². The fourth-order valence-electron chi connectivity index (χ4n) is 2.17. The zero-order valence-electron chi connectivity index (χ0n) is 12.3. The molecule has 7 heteroatoms. The highest BCUT2D eigenvalue weighted by Crippen LogP contribution is 2.16. The Kier molecular flexibility index (Phi) is 4.43. The number of nitrogens with one attached hydrogen (secondary N) is 2. The summed E-state index contributed by atoms with van der Waals surface area (Å²) in [7, 11) is 0. The van der Waals surface area contributed by atoms with Crippen molar-refractivity contribution in [2.24, 2.45) is 0 Å². The molecule has 0 unspecified atom stereocenters. The maximum Gasteiger partial charge on any atom is 0.226 e. The lowest BCUT2D eigenvalue weighted by Crippen LogP contribution is -2.11. The van der Waals surface area contributed by atoms with Gasteiger partial charge < -0.3 is 10.3 Å². The van der Waals surface area contributed by atoms with Crippen LogP contribution in [-0.2, 0) is 17.6 Å². The van der Waals surface area contributed by atoms with Gasteiger partial charge in [-0.25, -0.2) is 4.98 Å². The number of carbonyl (C=O) groups excluding carboxylic acids is 1. The fourth-order valence-corrected chi connectivity index (χ4v) is 2.86. The number of hydrogen-bond acceptors (Lipinski definition) is 5. The van der Waals surface area contributed by atoms with Crippen molar-refractivity contribution in [1.82, 2.24) is 20.2 Å². The summed E-state index contributed by atoms with van der Waals surface area (Å²) in [5, 5.41) is 12.2. The normalized spacial score (nSPS) is 11.0. The molecule has 3 aromatic rings. The van der Waals surface area contributed by atoms with Crippen LogP contribution in [0, 0.1) is 0 Å². The van der Waals surface area contributed by atoms with E-state index in [1.54, 1.807) is 0 Å². The summed E-state index contributed by atoms with van der Waals surface area (Å²) in [6, 6.07) is 7.92. The van der Waals surface area contributed by atoms with Gasteiger partial charge in [-0.2, -0.15) is 0 Å². The predicted octanol–water partition coefficient (Wildman–Crippen LogP) is 2.94. The monoisotopic (exact) mass is 315 g/mol. The van der Waals surface area contributed by atoms with E-state index >= 15 is 0 Å². The number of H-pyrrole nitrogens is 1. The number of aromatic nitrogens is 4. The molecular formula is C15H17N5OS. The molecule has 0 atom stereocenters. The molecule has 2 N–H and O–H groups in total. The third-order valence-electron chi connectivity index (χ3n) is 3.27. The molecule has 114 valence electrons. The first kappa shape index (κ1) is 14.6. The van der Waals surface area contributed by atoms with Crippen LogP contribution in [0.3, 0.4) is 0 Å². The van der Waals surface area contributed by atoms with Gasteiger partial charge in [0.25, 0.3) is 0 Å². The third kappa shape index (κ3) is 3.48. The zero-order chi connectivity index (χ0) is 15.4. The first-order chi connectivity index (χ1) is 10.7. The van der Waals surface area contributed by atoms with Crippen LogP contribution in [0.4, 0.5) is 5.13 Å². The number of amides is 1. The minimum Gasteiger partial charge on any atom is -0.342 e. The molecule has 1 aromatic carbocycles. The Labute approximate surface area is 132 Å². The Bertz CT molecular complexity index is 746. The van der Waals surface area contributed by atoms with Gasteiger partial charge in [-0.3, -0.25) is 4.79 Å². The van der Waals surface area contributed by atoms with Crippen molar-refractivity contribution in [1.29, 1.82) is 0 Å². The third-order valence-corrected chi connectivity index (χ3v) is 4.25. The number of hydrogen-bond donors (Lipinski definition) is 2. The number of carbonyl (C=O) groups is 1. The molecule has 2 aromatic heterocycles. The Hall–Kier alpha value is -2.28. The number of aromatic amines is 1. The lowest BCUT2D eigenvalue weighted by Gasteiger charge is -1.99. The molecule has 3 rings (SSSR count). The van der Waals surface area contributed by atoms with Crippen molar-refractivity contribution in [2.75, 3.05) is 5.32 Å². The first-order valence-corrected chi connectivity index (χ1v) is 8.12. The van der Waals surface area contributed by atoms with Gasteiger partial charge in [0.1, 0.15) is 10.8 Å². The summed E-state index contributed by atoms with van der Waals surface area (Å²) >= 11 is 1.42. The number of rotatable bonds is 6. The second-order valence-corrected chi connectivity index (χ2v) is 6.02. The molecule has 0 aliphatic rings. The minimum absolute atomic E-state index is 0.0325. The van der Waals surface area contributed by atoms with Crippen LogP contribution in [0.2, 0.25) is 0 Å². The van der Waals surface area contributed by atoms with E-state index in [-0.39, 0.29) is 5.91 Å². The van der Waals surface area contributed by atoms with E-state index in [1.165, 1.54) is 11.3 Å². The van der Waals surface area contributed by atoms with Gasteiger partial charge in [0.2, 0.25) is 11.0 Å². The molecule has 2 heterocycles. The lowest BCUT2D eigenvalue weighted by atomic mass is 10.2. The van der Waals surface area contributed by atoms with E-state index in [4.69, 9.17) is 0 Å². The number of benzene rings is 1. The fraction of sp³-hybridized carbons (Fsp3) is 0.333. The molecule has 1 amide bonds. The molecule has 0 fully saturated rings. The van der Waals surface area contributed by atoms with Gasteiger partial charge in [-0.05, 0) is 25.0 Å². The van der Waals surface area contributed by atoms with Gasteiger partial charge in [-0.1, -0.05) is 30.4 Å². The van der Waals surface area contributed by atoms with E-state index in [1.807, 2.05) is 31.2 Å². The molecule has 0 saturated heterocycles. The van der Waals surface area contributed by atoms with Crippen molar-refractivity contribution in [2.45, 2.75) is 32.6 Å². The Morgan fingerprint density at radius 3 is 2.95 bits per heavy atom. The van der Waals surface area contributed by atoms with Crippen molar-refractivity contribution in [3.8, 4) is 0 Å². The van der Waals surface area contributed by atoms with E-state index in [0.717, 1.165) is 41.1 Å². The average molecular weight is 315 g/mol. The smallest absolute Gasteiger partial charge is 0.226 e. The van der Waals surface area contributed by atoms with Gasteiger partial charge >= 0.3 is 0 Å². The second kappa shape index (κ2) is 6.65. The molecule has 0 spiro atoms. The summed E-state index contributed by atoms with van der Waals surface area (Å²) in [4.78, 5) is 19.6. The molecule has 0 saturated carbocycles. The van der Waals surface area contributed by atoms with Crippen LogP contribution in [0.25, 0.3) is 11.0 Å². The van der Waals surface area contributed by atoms with E-state index in [2.05, 4.69) is 25.5 Å². The number of aryl methyl sites for hydroxylation is 2. The molecular weight excluding hydrogens is 298 g/mol. The van der Waals surface area contributed by atoms with Crippen LogP contribution in [-0.4, -0.2) is 26.1 Å². The van der Waals surface area contributed by atoms with E-state index in [0.29, 0.717) is 11.6 Å². The second-order valence-electron chi connectivity index (χ2n) is 4.96. The van der Waals surface area contributed by atoms with Gasteiger partial charge in [0.05, 0.1) is 11.0 Å². The molecule has 0 aliphatic carbocycles. The summed E-state index contributed by atoms with van der Waals surface area (Å²) in [6.07, 6.45) is 2.77. The maximum absolute atomic E-state index is 11.9. The van der Waals surface area contributed by atoms with Gasteiger partial charge in [0, 0.05) is 12.8 Å². The highest BCUT2D eigenvalue weighted by Gasteiger charge is 2.08. The lowest BCUT2D eigenvalue weighted by molar-refractivity contribution is -0.116. The number of fused-ring (bicyclic) bond motifs is 1. The van der Waals surface area contributed by atoms with Crippen molar-refractivity contribution < 1.29 is 4.79 Å². The predicted molar refractivity (Wildman–Crippen MR) is 86.9 cm³/mol. The molecule has 22 heavy (non-hydrogen) atoms. The first-order valence-electron chi connectivity index (χ1n) is 7.30. The molecule has 0 bridgehead atoms. The van der Waals surface area contributed by atoms with E-state index < -0.39 is 0 Å². The van der Waals surface area contributed by atoms with Crippen LogP contribution < -0.4 is 5.32 Å². The number of nitrogens with zero attached hydrogens (tertiary/aromatic N) is 3. The van der Waals surface area contributed by atoms with Crippen LogP contribution in [0.1, 0.15) is 30.6 Å². The van der Waals surface area contributed by atoms with Crippen LogP contribution in [0.5, 0.6) is 0 Å². The highest BCUT2D eigenvalue weighted by atomic mass is 32.1. The van der Waals surface area contributed by atoms with Crippen molar-refractivity contribution >= 4 is 33.4 Å². The van der Waals surface area contributed by atoms with Crippen LogP contribution >= 0.6 is 11.3 Å². The number of anilines is 1. The Morgan fingerprint density at radius 1 is 1.32 bits per heavy atom. The van der Waals surface area contributed by atoms with Gasteiger partial charge in [-0.15, -0.1) is 10.2 Å². The summed E-state index contributed by atoms with van der Waals surface area (Å²) < 4.78 is 0. The Balaban J connectivity index is 1.48. The standard InChI is InChI=1S/C15H17N5OS/c1-2-14-19-20-15(22-14)18-13(21)9-5-8-12-16-10-6-3-4-7-11(10)17-12/h3-4,6-7H,2,5,8-9H2,1H3,(H,16,17)(H,18,20,21). The average Bonchev–Trinajstić information content (AvgIpc) is 3.13.